The molecule has 0 spiro atoms. The van der Waals surface area contributed by atoms with E-state index in [1.807, 2.05) is 0 Å². The maximum Gasteiger partial charge on any atom is 0.256 e. The first-order valence-corrected chi connectivity index (χ1v) is 12.5. The quantitative estimate of drug-likeness (QED) is 0.331. The summed E-state index contributed by atoms with van der Waals surface area (Å²) >= 11 is 0. The topological polar surface area (TPSA) is 147 Å². The highest BCUT2D eigenvalue weighted by Gasteiger charge is 2.32. The summed E-state index contributed by atoms with van der Waals surface area (Å²) in [5.74, 6) is -2.16. The first-order chi connectivity index (χ1) is 18.2. The number of aromatic nitrogens is 1. The van der Waals surface area contributed by atoms with E-state index in [0.29, 0.717) is 60.8 Å². The van der Waals surface area contributed by atoms with Crippen molar-refractivity contribution in [3.63, 3.8) is 0 Å². The predicted molar refractivity (Wildman–Crippen MR) is 137 cm³/mol. The fourth-order valence-electron chi connectivity index (χ4n) is 5.16. The summed E-state index contributed by atoms with van der Waals surface area (Å²) < 4.78 is 20.0. The number of aromatic amines is 1. The van der Waals surface area contributed by atoms with Crippen molar-refractivity contribution in [2.75, 3.05) is 63.2 Å². The zero-order valence-electron chi connectivity index (χ0n) is 21.0. The fourth-order valence-corrected chi connectivity index (χ4v) is 5.16. The van der Waals surface area contributed by atoms with Crippen molar-refractivity contribution in [2.45, 2.75) is 19.4 Å². The molecule has 2 aromatic rings. The van der Waals surface area contributed by atoms with E-state index in [-0.39, 0.29) is 23.7 Å². The molecule has 3 aliphatic rings. The Morgan fingerprint density at radius 2 is 2.00 bits per heavy atom. The van der Waals surface area contributed by atoms with Gasteiger partial charge in [0, 0.05) is 56.1 Å². The second-order valence-corrected chi connectivity index (χ2v) is 9.68. The number of β-amino-alcohol motifs (C(OH)–C–C–N with tert-alkyl or cyclic N) is 1. The molecule has 5 N–H and O–H groups in total. The van der Waals surface area contributed by atoms with Crippen LogP contribution in [0.25, 0.3) is 11.6 Å². The summed E-state index contributed by atoms with van der Waals surface area (Å²) in [6.07, 6.45) is 1.48. The molecule has 1 aromatic carbocycles. The van der Waals surface area contributed by atoms with E-state index in [0.717, 1.165) is 24.8 Å². The smallest absolute Gasteiger partial charge is 0.256 e. The van der Waals surface area contributed by atoms with E-state index < -0.39 is 30.3 Å². The lowest BCUT2D eigenvalue weighted by Crippen LogP contribution is -2.47. The maximum absolute atomic E-state index is 14.6. The number of rotatable bonds is 7. The molecule has 3 aliphatic heterocycles. The van der Waals surface area contributed by atoms with Crippen LogP contribution in [0.3, 0.4) is 0 Å². The number of halogens is 1. The number of ether oxygens (including phenoxy) is 1. The molecule has 1 saturated heterocycles. The summed E-state index contributed by atoms with van der Waals surface area (Å²) in [6, 6.07) is 2.44. The minimum Gasteiger partial charge on any atom is -0.390 e. The molecule has 3 amide bonds. The number of benzene rings is 1. The third-order valence-corrected chi connectivity index (χ3v) is 7.10. The van der Waals surface area contributed by atoms with E-state index in [9.17, 15) is 23.9 Å². The summed E-state index contributed by atoms with van der Waals surface area (Å²) in [5.41, 5.74) is 3.21. The zero-order valence-corrected chi connectivity index (χ0v) is 21.0. The van der Waals surface area contributed by atoms with Crippen LogP contribution in [0.1, 0.15) is 32.9 Å². The minimum absolute atomic E-state index is 0.155. The molecule has 0 bridgehead atoms. The van der Waals surface area contributed by atoms with Gasteiger partial charge in [-0.15, -0.1) is 0 Å². The molecule has 0 aliphatic carbocycles. The van der Waals surface area contributed by atoms with Crippen LogP contribution in [0.5, 0.6) is 0 Å². The number of nitrogens with one attached hydrogen (secondary N) is 3. The lowest BCUT2D eigenvalue weighted by atomic mass is 10.0. The van der Waals surface area contributed by atoms with Crippen LogP contribution in [0.2, 0.25) is 0 Å². The molecule has 12 heteroatoms. The number of aliphatic hydroxyl groups is 2. The first kappa shape index (κ1) is 26.0. The number of carbonyl (C=O) groups excluding carboxylic acids is 3. The zero-order chi connectivity index (χ0) is 27.0. The molecule has 1 fully saturated rings. The number of H-pyrrole nitrogens is 1. The molecule has 1 aromatic heterocycles. The van der Waals surface area contributed by atoms with Crippen molar-refractivity contribution in [3.05, 3.63) is 46.0 Å². The Morgan fingerprint density at radius 1 is 1.24 bits per heavy atom. The van der Waals surface area contributed by atoms with Gasteiger partial charge in [-0.1, -0.05) is 0 Å². The Morgan fingerprint density at radius 3 is 2.74 bits per heavy atom. The third kappa shape index (κ3) is 5.07. The molecule has 4 heterocycles. The van der Waals surface area contributed by atoms with E-state index in [4.69, 9.17) is 9.84 Å². The number of carbonyl (C=O) groups is 3. The lowest BCUT2D eigenvalue weighted by molar-refractivity contribution is -0.118. The number of aliphatic hydroxyl groups excluding tert-OH is 2. The standard InChI is InChI=1S/C26H30FN5O6/c1-14-20(9-17-16-8-18(27)22(29-23(35)13-33)10-21(16)30-25(17)36)28-19-2-3-32(26(37)24(14)19)12-15(34)11-31-4-6-38-7-5-31/h8-10,15,28,33-34H,2-7,11-13H2,1H3,(H,29,35)(H,30,36). The molecule has 0 saturated carbocycles. The molecule has 5 rings (SSSR count). The van der Waals surface area contributed by atoms with Crippen molar-refractivity contribution in [1.82, 2.24) is 14.8 Å². The minimum atomic E-state index is -0.798. The normalized spacial score (nSPS) is 19.4. The van der Waals surface area contributed by atoms with Crippen molar-refractivity contribution in [1.29, 1.82) is 0 Å². The van der Waals surface area contributed by atoms with E-state index in [2.05, 4.69) is 20.5 Å². The monoisotopic (exact) mass is 527 g/mol. The average Bonchev–Trinajstić information content (AvgIpc) is 3.37. The third-order valence-electron chi connectivity index (χ3n) is 7.10. The van der Waals surface area contributed by atoms with Crippen LogP contribution in [0.15, 0.2) is 12.1 Å². The molecule has 0 radical (unpaired) electrons. The number of anilines is 2. The summed E-state index contributed by atoms with van der Waals surface area (Å²) in [4.78, 5) is 44.5. The van der Waals surface area contributed by atoms with Crippen molar-refractivity contribution in [3.8, 4) is 0 Å². The molecular formula is C26H30FN5O6. The molecule has 1 atom stereocenters. The lowest BCUT2D eigenvalue weighted by Gasteiger charge is -2.32. The van der Waals surface area contributed by atoms with Crippen LogP contribution in [-0.4, -0.2) is 101 Å². The number of nitrogens with zero attached hydrogens (tertiary/aromatic N) is 2. The number of hydrogen-bond donors (Lipinski definition) is 5. The fraction of sp³-hybridized carbons (Fsp3) is 0.423. The van der Waals surface area contributed by atoms with Crippen LogP contribution in [-0.2, 0) is 20.7 Å². The highest BCUT2D eigenvalue weighted by molar-refractivity contribution is 6.35. The van der Waals surface area contributed by atoms with Gasteiger partial charge >= 0.3 is 0 Å². The van der Waals surface area contributed by atoms with Gasteiger partial charge < -0.3 is 35.5 Å². The van der Waals surface area contributed by atoms with E-state index in [1.165, 1.54) is 6.07 Å². The van der Waals surface area contributed by atoms with Gasteiger partial charge in [-0.25, -0.2) is 4.39 Å². The average molecular weight is 528 g/mol. The summed E-state index contributed by atoms with van der Waals surface area (Å²) in [7, 11) is 0. The van der Waals surface area contributed by atoms with Crippen LogP contribution in [0.4, 0.5) is 15.8 Å². The van der Waals surface area contributed by atoms with Crippen LogP contribution >= 0.6 is 0 Å². The van der Waals surface area contributed by atoms with Gasteiger partial charge in [-0.3, -0.25) is 19.3 Å². The number of fused-ring (bicyclic) bond motifs is 2. The Labute approximate surface area is 218 Å². The Kier molecular flexibility index (Phi) is 7.30. The van der Waals surface area contributed by atoms with Gasteiger partial charge in [0.2, 0.25) is 5.91 Å². The highest BCUT2D eigenvalue weighted by atomic mass is 19.1. The highest BCUT2D eigenvalue weighted by Crippen LogP contribution is 2.37. The molecule has 11 nitrogen and oxygen atoms in total. The van der Waals surface area contributed by atoms with Crippen molar-refractivity contribution >= 4 is 40.7 Å². The maximum atomic E-state index is 14.6. The summed E-state index contributed by atoms with van der Waals surface area (Å²) in [5, 5.41) is 24.4. The van der Waals surface area contributed by atoms with E-state index >= 15 is 0 Å². The molecule has 202 valence electrons. The Hall–Kier alpha value is -3.58. The van der Waals surface area contributed by atoms with Gasteiger partial charge in [0.15, 0.2) is 0 Å². The predicted octanol–water partition coefficient (Wildman–Crippen LogP) is 0.577. The number of hydrogen-bond acceptors (Lipinski definition) is 7. The Bertz CT molecular complexity index is 1320. The largest absolute Gasteiger partial charge is 0.390 e. The second kappa shape index (κ2) is 10.7. The second-order valence-electron chi connectivity index (χ2n) is 9.68. The molecule has 1 unspecified atom stereocenters. The van der Waals surface area contributed by atoms with Crippen molar-refractivity contribution < 1.29 is 33.7 Å². The van der Waals surface area contributed by atoms with Gasteiger partial charge in [0.1, 0.15) is 12.4 Å². The van der Waals surface area contributed by atoms with Gasteiger partial charge in [0.05, 0.1) is 41.8 Å². The van der Waals surface area contributed by atoms with Gasteiger partial charge in [-0.2, -0.15) is 0 Å². The SMILES string of the molecule is Cc1c(C=C2C(=O)Nc3cc(NC(=O)CO)c(F)cc32)[nH]c2c1C(=O)N(CC(O)CN1CCOCC1)CC2. The Balaban J connectivity index is 1.35. The van der Waals surface area contributed by atoms with Crippen LogP contribution in [0, 0.1) is 12.7 Å². The van der Waals surface area contributed by atoms with Gasteiger partial charge in [-0.05, 0) is 30.7 Å². The number of morpholine rings is 1. The van der Waals surface area contributed by atoms with E-state index in [1.54, 1.807) is 17.9 Å². The molecule has 38 heavy (non-hydrogen) atoms. The van der Waals surface area contributed by atoms with Crippen LogP contribution < -0.4 is 10.6 Å². The molecular weight excluding hydrogens is 497 g/mol. The van der Waals surface area contributed by atoms with Crippen molar-refractivity contribution in [2.24, 2.45) is 0 Å². The summed E-state index contributed by atoms with van der Waals surface area (Å²) in [6.45, 7) is 4.92. The first-order valence-electron chi connectivity index (χ1n) is 12.5. The van der Waals surface area contributed by atoms with Gasteiger partial charge in [0.25, 0.3) is 11.8 Å². The number of amides is 3.